The zero-order valence-corrected chi connectivity index (χ0v) is 12.1. The van der Waals surface area contributed by atoms with Gasteiger partial charge in [0, 0.05) is 13.1 Å². The minimum atomic E-state index is -1.12. The highest BCUT2D eigenvalue weighted by Crippen LogP contribution is 2.30. The smallest absolute Gasteiger partial charge is 0.318 e. The first-order valence-electron chi connectivity index (χ1n) is 6.12. The Labute approximate surface area is 114 Å². The predicted molar refractivity (Wildman–Crippen MR) is 72.9 cm³/mol. The van der Waals surface area contributed by atoms with Crippen LogP contribution in [0.5, 0.6) is 0 Å². The lowest BCUT2D eigenvalue weighted by Crippen LogP contribution is -2.59. The van der Waals surface area contributed by atoms with E-state index < -0.39 is 23.0 Å². The van der Waals surface area contributed by atoms with E-state index in [1.807, 2.05) is 0 Å². The van der Waals surface area contributed by atoms with Crippen LogP contribution in [0.2, 0.25) is 0 Å². The number of aliphatic hydroxyl groups excluding tert-OH is 1. The lowest BCUT2D eigenvalue weighted by atomic mass is 9.74. The van der Waals surface area contributed by atoms with Crippen LogP contribution >= 0.6 is 0 Å². The summed E-state index contributed by atoms with van der Waals surface area (Å²) in [5.41, 5.74) is -2.06. The summed E-state index contributed by atoms with van der Waals surface area (Å²) in [7, 11) is 0. The first-order valence-corrected chi connectivity index (χ1v) is 6.12. The van der Waals surface area contributed by atoms with Gasteiger partial charge in [0.1, 0.15) is 0 Å². The van der Waals surface area contributed by atoms with Crippen LogP contribution in [0.4, 0.5) is 4.79 Å². The van der Waals surface area contributed by atoms with E-state index in [4.69, 9.17) is 5.11 Å². The Morgan fingerprint density at radius 2 is 1.84 bits per heavy atom. The molecular formula is C13H24N2O4. The maximum atomic E-state index is 12.1. The van der Waals surface area contributed by atoms with Crippen LogP contribution in [0, 0.1) is 5.41 Å². The number of amides is 2. The van der Waals surface area contributed by atoms with E-state index in [-0.39, 0.29) is 19.7 Å². The fourth-order valence-electron chi connectivity index (χ4n) is 1.32. The maximum absolute atomic E-state index is 12.1. The summed E-state index contributed by atoms with van der Waals surface area (Å²) in [6.07, 6.45) is 1.55. The summed E-state index contributed by atoms with van der Waals surface area (Å²) in [5, 5.41) is 20.8. The third kappa shape index (κ3) is 4.24. The van der Waals surface area contributed by atoms with Crippen LogP contribution in [0.15, 0.2) is 12.7 Å². The minimum absolute atomic E-state index is 0.163. The molecule has 0 aliphatic rings. The van der Waals surface area contributed by atoms with Gasteiger partial charge >= 0.3 is 12.0 Å². The summed E-state index contributed by atoms with van der Waals surface area (Å²) >= 11 is 0. The summed E-state index contributed by atoms with van der Waals surface area (Å²) < 4.78 is 0. The second-order valence-electron chi connectivity index (χ2n) is 5.44. The number of hydrogen-bond acceptors (Lipinski definition) is 3. The highest BCUT2D eigenvalue weighted by atomic mass is 16.4. The molecule has 2 amide bonds. The van der Waals surface area contributed by atoms with Crippen LogP contribution in [0.3, 0.4) is 0 Å². The van der Waals surface area contributed by atoms with Crippen LogP contribution in [0.1, 0.15) is 27.7 Å². The molecule has 19 heavy (non-hydrogen) atoms. The van der Waals surface area contributed by atoms with Gasteiger partial charge in [-0.15, -0.1) is 6.58 Å². The molecule has 0 heterocycles. The Hall–Kier alpha value is -1.56. The molecular weight excluding hydrogens is 248 g/mol. The molecule has 0 aliphatic carbocycles. The van der Waals surface area contributed by atoms with Gasteiger partial charge in [0.15, 0.2) is 0 Å². The number of aliphatic carboxylic acids is 1. The predicted octanol–water partition coefficient (Wildman–Crippen LogP) is 1.07. The molecule has 0 aromatic rings. The lowest BCUT2D eigenvalue weighted by Gasteiger charge is -2.40. The van der Waals surface area contributed by atoms with Gasteiger partial charge in [-0.05, 0) is 27.7 Å². The fraction of sp³-hybridized carbons (Fsp3) is 0.692. The molecule has 0 atom stereocenters. The number of urea groups is 1. The molecule has 0 saturated heterocycles. The van der Waals surface area contributed by atoms with Gasteiger partial charge < -0.3 is 20.4 Å². The van der Waals surface area contributed by atoms with Crippen LogP contribution < -0.4 is 5.32 Å². The number of carboxylic acid groups (broad SMARTS) is 1. The van der Waals surface area contributed by atoms with Gasteiger partial charge in [-0.25, -0.2) is 4.79 Å². The molecule has 0 unspecified atom stereocenters. The van der Waals surface area contributed by atoms with Crippen molar-refractivity contribution in [2.45, 2.75) is 33.2 Å². The first-order chi connectivity index (χ1) is 8.60. The Balaban J connectivity index is 4.94. The fourth-order valence-corrected chi connectivity index (χ4v) is 1.32. The van der Waals surface area contributed by atoms with Crippen molar-refractivity contribution < 1.29 is 19.8 Å². The van der Waals surface area contributed by atoms with Gasteiger partial charge in [0.25, 0.3) is 0 Å². The topological polar surface area (TPSA) is 89.9 Å². The van der Waals surface area contributed by atoms with Crippen LogP contribution in [-0.4, -0.2) is 52.3 Å². The summed E-state index contributed by atoms with van der Waals surface area (Å²) in [4.78, 5) is 24.7. The van der Waals surface area contributed by atoms with E-state index in [2.05, 4.69) is 11.9 Å². The quantitative estimate of drug-likeness (QED) is 0.605. The van der Waals surface area contributed by atoms with Crippen LogP contribution in [-0.2, 0) is 4.79 Å². The van der Waals surface area contributed by atoms with E-state index in [0.717, 1.165) is 0 Å². The Morgan fingerprint density at radius 1 is 1.32 bits per heavy atom. The van der Waals surface area contributed by atoms with Crippen molar-refractivity contribution >= 4 is 12.0 Å². The van der Waals surface area contributed by atoms with Crippen molar-refractivity contribution in [2.24, 2.45) is 5.41 Å². The highest BCUT2D eigenvalue weighted by molar-refractivity contribution is 5.79. The number of carboxylic acids is 1. The third-order valence-corrected chi connectivity index (χ3v) is 3.52. The van der Waals surface area contributed by atoms with Crippen molar-refractivity contribution in [3.05, 3.63) is 12.7 Å². The Bertz CT molecular complexity index is 351. The maximum Gasteiger partial charge on any atom is 0.318 e. The second-order valence-corrected chi connectivity index (χ2v) is 5.44. The van der Waals surface area contributed by atoms with Crippen molar-refractivity contribution in [3.8, 4) is 0 Å². The summed E-state index contributed by atoms with van der Waals surface area (Å²) in [5.74, 6) is -0.991. The second kappa shape index (κ2) is 6.56. The highest BCUT2D eigenvalue weighted by Gasteiger charge is 2.44. The number of rotatable bonds is 7. The lowest BCUT2D eigenvalue weighted by molar-refractivity contribution is -0.150. The number of carbonyl (C=O) groups excluding carboxylic acids is 1. The molecule has 0 spiro atoms. The van der Waals surface area contributed by atoms with E-state index in [1.54, 1.807) is 33.8 Å². The van der Waals surface area contributed by atoms with Crippen molar-refractivity contribution in [3.63, 3.8) is 0 Å². The molecule has 110 valence electrons. The molecule has 6 heteroatoms. The summed E-state index contributed by atoms with van der Waals surface area (Å²) in [6.45, 7) is 10.3. The molecule has 6 nitrogen and oxygen atoms in total. The summed E-state index contributed by atoms with van der Waals surface area (Å²) in [6, 6.07) is -0.423. The molecule has 0 aromatic carbocycles. The average molecular weight is 272 g/mol. The molecule has 0 rings (SSSR count). The number of nitrogens with zero attached hydrogens (tertiary/aromatic N) is 1. The number of carbonyl (C=O) groups is 2. The number of hydrogen-bond donors (Lipinski definition) is 3. The number of aliphatic hydroxyl groups is 1. The van der Waals surface area contributed by atoms with Crippen molar-refractivity contribution in [2.75, 3.05) is 19.7 Å². The standard InChI is InChI=1S/C13H24N2O4/c1-6-7-15(8-9-16)11(19)14-13(4,5)12(2,3)10(17)18/h6,16H,1,7-9H2,2-5H3,(H,14,19)(H,17,18). The van der Waals surface area contributed by atoms with E-state index in [1.165, 1.54) is 4.90 Å². The van der Waals surface area contributed by atoms with Crippen molar-refractivity contribution in [1.82, 2.24) is 10.2 Å². The number of nitrogens with one attached hydrogen (secondary N) is 1. The van der Waals surface area contributed by atoms with Gasteiger partial charge in [-0.3, -0.25) is 4.79 Å². The zero-order chi connectivity index (χ0) is 15.3. The SMILES string of the molecule is C=CCN(CCO)C(=O)NC(C)(C)C(C)(C)C(=O)O. The Kier molecular flexibility index (Phi) is 6.02. The molecule has 0 saturated carbocycles. The van der Waals surface area contributed by atoms with Gasteiger partial charge in [-0.1, -0.05) is 6.08 Å². The first kappa shape index (κ1) is 17.4. The van der Waals surface area contributed by atoms with E-state index in [0.29, 0.717) is 0 Å². The normalized spacial score (nSPS) is 11.8. The average Bonchev–Trinajstić information content (AvgIpc) is 2.27. The molecule has 0 fully saturated rings. The van der Waals surface area contributed by atoms with Gasteiger partial charge in [-0.2, -0.15) is 0 Å². The van der Waals surface area contributed by atoms with Gasteiger partial charge in [0.2, 0.25) is 0 Å². The Morgan fingerprint density at radius 3 is 2.21 bits per heavy atom. The zero-order valence-electron chi connectivity index (χ0n) is 12.1. The monoisotopic (exact) mass is 272 g/mol. The molecule has 0 radical (unpaired) electrons. The molecule has 0 aliphatic heterocycles. The molecule has 0 aromatic heterocycles. The minimum Gasteiger partial charge on any atom is -0.481 e. The van der Waals surface area contributed by atoms with Crippen LogP contribution in [0.25, 0.3) is 0 Å². The largest absolute Gasteiger partial charge is 0.481 e. The van der Waals surface area contributed by atoms with Crippen molar-refractivity contribution in [1.29, 1.82) is 0 Å². The molecule has 3 N–H and O–H groups in total. The molecule has 0 bridgehead atoms. The van der Waals surface area contributed by atoms with E-state index in [9.17, 15) is 14.7 Å². The van der Waals surface area contributed by atoms with Gasteiger partial charge in [0.05, 0.1) is 17.6 Å². The van der Waals surface area contributed by atoms with E-state index >= 15 is 0 Å². The third-order valence-electron chi connectivity index (χ3n) is 3.52.